The first-order valence-corrected chi connectivity index (χ1v) is 11.5. The lowest BCUT2D eigenvalue weighted by atomic mass is 10.2. The van der Waals surface area contributed by atoms with Crippen LogP contribution in [-0.2, 0) is 20.9 Å². The molecule has 0 bridgehead atoms. The monoisotopic (exact) mass is 476 g/mol. The summed E-state index contributed by atoms with van der Waals surface area (Å²) in [5, 5.41) is 4.27. The average Bonchev–Trinajstić information content (AvgIpc) is 2.93. The Kier molecular flexibility index (Phi) is 8.67. The summed E-state index contributed by atoms with van der Waals surface area (Å²) >= 11 is 0. The fourth-order valence-electron chi connectivity index (χ4n) is 3.42. The summed E-state index contributed by atoms with van der Waals surface area (Å²) in [6.07, 6.45) is 3.89. The topological polar surface area (TPSA) is 88.5 Å². The summed E-state index contributed by atoms with van der Waals surface area (Å²) in [5.41, 5.74) is 2.33. The van der Waals surface area contributed by atoms with Gasteiger partial charge >= 0.3 is 5.97 Å². The molecule has 182 valence electrons. The van der Waals surface area contributed by atoms with Gasteiger partial charge in [0.1, 0.15) is 30.4 Å². The normalized spacial score (nSPS) is 15.8. The van der Waals surface area contributed by atoms with E-state index >= 15 is 0 Å². The number of aromatic nitrogens is 1. The van der Waals surface area contributed by atoms with Gasteiger partial charge in [-0.15, -0.1) is 0 Å². The number of rotatable bonds is 10. The van der Waals surface area contributed by atoms with Crippen LogP contribution in [0, 0.1) is 0 Å². The fraction of sp³-hybridized carbons (Fsp3) is 0.296. The molecule has 0 radical (unpaired) electrons. The maximum absolute atomic E-state index is 12.0. The third-order valence-corrected chi connectivity index (χ3v) is 5.34. The fourth-order valence-corrected chi connectivity index (χ4v) is 3.42. The molecule has 1 atom stereocenters. The van der Waals surface area contributed by atoms with Gasteiger partial charge in [0.15, 0.2) is 0 Å². The van der Waals surface area contributed by atoms with E-state index in [1.807, 2.05) is 54.6 Å². The molecule has 1 aliphatic heterocycles. The molecule has 2 heterocycles. The molecule has 0 aliphatic carbocycles. The summed E-state index contributed by atoms with van der Waals surface area (Å²) in [6, 6.07) is 20.5. The summed E-state index contributed by atoms with van der Waals surface area (Å²) in [7, 11) is 1.33. The minimum Gasteiger partial charge on any atom is -0.489 e. The molecular formula is C27H28N2O6. The Balaban J connectivity index is 1.42. The number of nitrogens with zero attached hydrogens (tertiary/aromatic N) is 2. The van der Waals surface area contributed by atoms with Crippen molar-refractivity contribution >= 4 is 11.7 Å². The lowest BCUT2D eigenvalue weighted by molar-refractivity contribution is -0.162. The van der Waals surface area contributed by atoms with Crippen LogP contribution in [0.5, 0.6) is 11.5 Å². The van der Waals surface area contributed by atoms with Crippen LogP contribution in [0.25, 0.3) is 0 Å². The molecule has 0 saturated carbocycles. The van der Waals surface area contributed by atoms with E-state index in [0.29, 0.717) is 35.9 Å². The predicted molar refractivity (Wildman–Crippen MR) is 130 cm³/mol. The van der Waals surface area contributed by atoms with Gasteiger partial charge in [0, 0.05) is 12.6 Å². The number of esters is 1. The molecule has 8 heteroatoms. The number of oxime groups is 1. The van der Waals surface area contributed by atoms with Crippen molar-refractivity contribution in [3.8, 4) is 11.5 Å². The standard InChI is InChI=1S/C27H28N2O6/c1-31-27(30)21-14-15-28-24(17-21)25(29-35-26-9-5-6-16-32-26)19-34-23-12-10-22(11-13-23)33-18-20-7-3-2-4-8-20/h2-4,7-8,10-15,17,26H,5-6,9,16,18-19H2,1H3/b29-25+. The van der Waals surface area contributed by atoms with Crippen molar-refractivity contribution in [1.82, 2.24) is 4.98 Å². The van der Waals surface area contributed by atoms with Gasteiger partial charge in [-0.25, -0.2) is 4.79 Å². The summed E-state index contributed by atoms with van der Waals surface area (Å²) in [6.45, 7) is 1.20. The lowest BCUT2D eigenvalue weighted by Gasteiger charge is -2.20. The van der Waals surface area contributed by atoms with E-state index in [4.69, 9.17) is 23.8 Å². The lowest BCUT2D eigenvalue weighted by Crippen LogP contribution is -2.22. The Morgan fingerprint density at radius 1 is 1.03 bits per heavy atom. The number of hydrogen-bond acceptors (Lipinski definition) is 8. The first-order chi connectivity index (χ1) is 17.2. The van der Waals surface area contributed by atoms with Crippen LogP contribution in [0.3, 0.4) is 0 Å². The summed E-state index contributed by atoms with van der Waals surface area (Å²) < 4.78 is 22.2. The third-order valence-electron chi connectivity index (χ3n) is 5.34. The van der Waals surface area contributed by atoms with Crippen molar-refractivity contribution in [3.63, 3.8) is 0 Å². The Morgan fingerprint density at radius 3 is 2.51 bits per heavy atom. The highest BCUT2D eigenvalue weighted by molar-refractivity contribution is 6.01. The molecule has 1 saturated heterocycles. The summed E-state index contributed by atoms with van der Waals surface area (Å²) in [4.78, 5) is 21.9. The number of carbonyl (C=O) groups is 1. The molecule has 0 spiro atoms. The second-order valence-corrected chi connectivity index (χ2v) is 7.90. The van der Waals surface area contributed by atoms with Gasteiger partial charge in [0.25, 0.3) is 0 Å². The van der Waals surface area contributed by atoms with Crippen LogP contribution >= 0.6 is 0 Å². The largest absolute Gasteiger partial charge is 0.489 e. The number of pyridine rings is 1. The zero-order valence-corrected chi connectivity index (χ0v) is 19.6. The van der Waals surface area contributed by atoms with Gasteiger partial charge in [-0.1, -0.05) is 35.5 Å². The minimum absolute atomic E-state index is 0.0779. The molecule has 0 N–H and O–H groups in total. The van der Waals surface area contributed by atoms with Crippen molar-refractivity contribution in [3.05, 3.63) is 89.7 Å². The van der Waals surface area contributed by atoms with Gasteiger partial charge in [-0.3, -0.25) is 4.98 Å². The molecule has 1 aromatic heterocycles. The SMILES string of the molecule is COC(=O)c1ccnc(/C(COc2ccc(OCc3ccccc3)cc2)=N/OC2CCCCO2)c1. The first kappa shape index (κ1) is 24.2. The van der Waals surface area contributed by atoms with Crippen LogP contribution in [0.4, 0.5) is 0 Å². The third kappa shape index (κ3) is 7.28. The number of benzene rings is 2. The summed E-state index contributed by atoms with van der Waals surface area (Å²) in [5.74, 6) is 0.902. The number of methoxy groups -OCH3 is 1. The highest BCUT2D eigenvalue weighted by Gasteiger charge is 2.17. The quantitative estimate of drug-likeness (QED) is 0.236. The van der Waals surface area contributed by atoms with E-state index in [0.717, 1.165) is 30.6 Å². The number of carbonyl (C=O) groups excluding carboxylic acids is 1. The second-order valence-electron chi connectivity index (χ2n) is 7.90. The van der Waals surface area contributed by atoms with Crippen LogP contribution in [0.15, 0.2) is 78.1 Å². The zero-order chi connectivity index (χ0) is 24.3. The maximum atomic E-state index is 12.0. The molecule has 35 heavy (non-hydrogen) atoms. The molecule has 4 rings (SSSR count). The Labute approximate surface area is 204 Å². The predicted octanol–water partition coefficient (Wildman–Crippen LogP) is 4.77. The number of ether oxygens (including phenoxy) is 4. The van der Waals surface area contributed by atoms with E-state index in [-0.39, 0.29) is 6.61 Å². The molecule has 0 amide bonds. The minimum atomic E-state index is -0.462. The second kappa shape index (κ2) is 12.5. The van der Waals surface area contributed by atoms with Crippen molar-refractivity contribution < 1.29 is 28.6 Å². The smallest absolute Gasteiger partial charge is 0.337 e. The molecule has 8 nitrogen and oxygen atoms in total. The van der Waals surface area contributed by atoms with Crippen LogP contribution in [0.2, 0.25) is 0 Å². The first-order valence-electron chi connectivity index (χ1n) is 11.5. The van der Waals surface area contributed by atoms with Gasteiger partial charge in [0.2, 0.25) is 6.29 Å². The average molecular weight is 477 g/mol. The van der Waals surface area contributed by atoms with Gasteiger partial charge in [0.05, 0.1) is 25.0 Å². The van der Waals surface area contributed by atoms with Gasteiger partial charge in [-0.05, 0) is 54.8 Å². The van der Waals surface area contributed by atoms with E-state index < -0.39 is 12.3 Å². The molecule has 1 aliphatic rings. The molecule has 1 unspecified atom stereocenters. The van der Waals surface area contributed by atoms with Crippen molar-refractivity contribution in [2.75, 3.05) is 20.3 Å². The van der Waals surface area contributed by atoms with Crippen LogP contribution in [0.1, 0.15) is 40.9 Å². The van der Waals surface area contributed by atoms with Crippen molar-refractivity contribution in [2.45, 2.75) is 32.2 Å². The van der Waals surface area contributed by atoms with E-state index in [9.17, 15) is 4.79 Å². The van der Waals surface area contributed by atoms with E-state index in [1.54, 1.807) is 12.1 Å². The molecule has 2 aromatic carbocycles. The Hall–Kier alpha value is -3.91. The van der Waals surface area contributed by atoms with Gasteiger partial charge in [-0.2, -0.15) is 0 Å². The Morgan fingerprint density at radius 2 is 1.80 bits per heavy atom. The zero-order valence-electron chi connectivity index (χ0n) is 19.6. The molecule has 1 fully saturated rings. The molecule has 3 aromatic rings. The van der Waals surface area contributed by atoms with E-state index in [2.05, 4.69) is 10.1 Å². The van der Waals surface area contributed by atoms with Crippen molar-refractivity contribution in [1.29, 1.82) is 0 Å². The van der Waals surface area contributed by atoms with Crippen LogP contribution in [-0.4, -0.2) is 43.3 Å². The highest BCUT2D eigenvalue weighted by atomic mass is 16.8. The molecular weight excluding hydrogens is 448 g/mol. The van der Waals surface area contributed by atoms with Crippen LogP contribution < -0.4 is 9.47 Å². The van der Waals surface area contributed by atoms with E-state index in [1.165, 1.54) is 13.3 Å². The van der Waals surface area contributed by atoms with Gasteiger partial charge < -0.3 is 23.8 Å². The van der Waals surface area contributed by atoms with Crippen molar-refractivity contribution in [2.24, 2.45) is 5.16 Å². The highest BCUT2D eigenvalue weighted by Crippen LogP contribution is 2.20. The Bertz CT molecular complexity index is 1110. The number of hydrogen-bond donors (Lipinski definition) is 0. The maximum Gasteiger partial charge on any atom is 0.337 e.